The first-order valence-electron chi connectivity index (χ1n) is 8.76. The smallest absolute Gasteiger partial charge is 0.257 e. The molecule has 25 heavy (non-hydrogen) atoms. The fraction of sp³-hybridized carbons (Fsp3) is 0.421. The number of rotatable bonds is 3. The van der Waals surface area contributed by atoms with Crippen LogP contribution in [-0.2, 0) is 13.0 Å². The first-order valence-corrected chi connectivity index (χ1v) is 8.76. The van der Waals surface area contributed by atoms with E-state index in [0.717, 1.165) is 36.5 Å². The number of fused-ring (bicyclic) bond motifs is 1. The van der Waals surface area contributed by atoms with Gasteiger partial charge in [-0.25, -0.2) is 9.97 Å². The second-order valence-corrected chi connectivity index (χ2v) is 6.53. The predicted octanol–water partition coefficient (Wildman–Crippen LogP) is 2.11. The van der Waals surface area contributed by atoms with E-state index >= 15 is 0 Å². The van der Waals surface area contributed by atoms with Crippen LogP contribution in [0.25, 0.3) is 0 Å². The van der Waals surface area contributed by atoms with Crippen LogP contribution in [0.3, 0.4) is 0 Å². The van der Waals surface area contributed by atoms with Crippen LogP contribution in [0.1, 0.15) is 46.3 Å². The van der Waals surface area contributed by atoms with Crippen LogP contribution in [0.15, 0.2) is 30.5 Å². The molecule has 2 aliphatic rings. The molecular formula is C19H22N4O2. The van der Waals surface area contributed by atoms with E-state index in [-0.39, 0.29) is 11.9 Å². The van der Waals surface area contributed by atoms with E-state index < -0.39 is 0 Å². The molecule has 1 fully saturated rings. The largest absolute Gasteiger partial charge is 0.496 e. The van der Waals surface area contributed by atoms with Gasteiger partial charge in [0.1, 0.15) is 11.6 Å². The Hall–Kier alpha value is -2.47. The lowest BCUT2D eigenvalue weighted by Crippen LogP contribution is -2.37. The fourth-order valence-corrected chi connectivity index (χ4v) is 3.57. The van der Waals surface area contributed by atoms with Gasteiger partial charge in [-0.2, -0.15) is 0 Å². The van der Waals surface area contributed by atoms with Crippen LogP contribution >= 0.6 is 0 Å². The lowest BCUT2D eigenvalue weighted by Gasteiger charge is -2.29. The van der Waals surface area contributed by atoms with Crippen molar-refractivity contribution in [3.05, 3.63) is 53.1 Å². The lowest BCUT2D eigenvalue weighted by atomic mass is 10.0. The Kier molecular flexibility index (Phi) is 4.36. The van der Waals surface area contributed by atoms with Crippen molar-refractivity contribution >= 4 is 5.91 Å². The zero-order valence-corrected chi connectivity index (χ0v) is 14.4. The highest BCUT2D eigenvalue weighted by Crippen LogP contribution is 2.25. The van der Waals surface area contributed by atoms with Crippen molar-refractivity contribution in [1.29, 1.82) is 0 Å². The van der Waals surface area contributed by atoms with Gasteiger partial charge >= 0.3 is 0 Å². The van der Waals surface area contributed by atoms with Gasteiger partial charge in [-0.05, 0) is 31.5 Å². The van der Waals surface area contributed by atoms with E-state index in [4.69, 9.17) is 9.72 Å². The quantitative estimate of drug-likeness (QED) is 0.928. The Bertz CT molecular complexity index is 787. The third kappa shape index (κ3) is 3.09. The number of para-hydroxylation sites is 1. The van der Waals surface area contributed by atoms with Crippen LogP contribution < -0.4 is 10.1 Å². The molecule has 1 N–H and O–H groups in total. The molecule has 1 saturated heterocycles. The molecule has 0 bridgehead atoms. The summed E-state index contributed by atoms with van der Waals surface area (Å²) in [6, 6.07) is 7.63. The first-order chi connectivity index (χ1) is 12.3. The van der Waals surface area contributed by atoms with Crippen molar-refractivity contribution in [2.24, 2.45) is 0 Å². The zero-order chi connectivity index (χ0) is 17.2. The van der Waals surface area contributed by atoms with Gasteiger partial charge in [0.05, 0.1) is 24.4 Å². The SMILES string of the molecule is COc1ccccc1C(=O)N1CCc2nc([C@H]3CCCN3)ncc2C1. The molecule has 0 saturated carbocycles. The van der Waals surface area contributed by atoms with Gasteiger partial charge in [0.2, 0.25) is 0 Å². The Balaban J connectivity index is 1.53. The van der Waals surface area contributed by atoms with Gasteiger partial charge in [0, 0.05) is 31.3 Å². The van der Waals surface area contributed by atoms with Crippen molar-refractivity contribution in [2.75, 3.05) is 20.2 Å². The molecule has 3 heterocycles. The minimum atomic E-state index is -0.00960. The molecular weight excluding hydrogens is 316 g/mol. The van der Waals surface area contributed by atoms with Gasteiger partial charge in [-0.3, -0.25) is 4.79 Å². The first kappa shape index (κ1) is 16.0. The van der Waals surface area contributed by atoms with Crippen molar-refractivity contribution in [2.45, 2.75) is 31.8 Å². The van der Waals surface area contributed by atoms with Crippen molar-refractivity contribution in [3.63, 3.8) is 0 Å². The van der Waals surface area contributed by atoms with E-state index in [1.165, 1.54) is 6.42 Å². The minimum absolute atomic E-state index is 0.00960. The number of nitrogens with one attached hydrogen (secondary N) is 1. The van der Waals surface area contributed by atoms with E-state index in [2.05, 4.69) is 10.3 Å². The van der Waals surface area contributed by atoms with Crippen LogP contribution in [0.5, 0.6) is 5.75 Å². The highest BCUT2D eigenvalue weighted by atomic mass is 16.5. The van der Waals surface area contributed by atoms with Gasteiger partial charge < -0.3 is 15.0 Å². The number of hydrogen-bond acceptors (Lipinski definition) is 5. The second-order valence-electron chi connectivity index (χ2n) is 6.53. The number of aromatic nitrogens is 2. The summed E-state index contributed by atoms with van der Waals surface area (Å²) in [6.07, 6.45) is 4.92. The summed E-state index contributed by atoms with van der Waals surface area (Å²) in [7, 11) is 1.59. The number of ether oxygens (including phenoxy) is 1. The maximum atomic E-state index is 12.9. The number of methoxy groups -OCH3 is 1. The highest BCUT2D eigenvalue weighted by molar-refractivity contribution is 5.97. The average Bonchev–Trinajstić information content (AvgIpc) is 3.21. The number of nitrogens with zero attached hydrogens (tertiary/aromatic N) is 3. The van der Waals surface area contributed by atoms with Crippen LogP contribution in [-0.4, -0.2) is 41.0 Å². The van der Waals surface area contributed by atoms with E-state index in [0.29, 0.717) is 24.4 Å². The molecule has 4 rings (SSSR count). The summed E-state index contributed by atoms with van der Waals surface area (Å²) in [4.78, 5) is 24.0. The molecule has 1 aromatic heterocycles. The van der Waals surface area contributed by atoms with Gasteiger partial charge in [-0.15, -0.1) is 0 Å². The third-order valence-corrected chi connectivity index (χ3v) is 4.95. The fourth-order valence-electron chi connectivity index (χ4n) is 3.57. The molecule has 0 radical (unpaired) electrons. The normalized spacial score (nSPS) is 19.6. The van der Waals surface area contributed by atoms with Crippen molar-refractivity contribution in [3.8, 4) is 5.75 Å². The van der Waals surface area contributed by atoms with E-state index in [1.54, 1.807) is 7.11 Å². The molecule has 1 aromatic carbocycles. The summed E-state index contributed by atoms with van der Waals surface area (Å²) in [6.45, 7) is 2.25. The molecule has 1 amide bonds. The lowest BCUT2D eigenvalue weighted by molar-refractivity contribution is 0.0729. The summed E-state index contributed by atoms with van der Waals surface area (Å²) < 4.78 is 5.32. The summed E-state index contributed by atoms with van der Waals surface area (Å²) >= 11 is 0. The summed E-state index contributed by atoms with van der Waals surface area (Å²) in [5, 5.41) is 3.44. The van der Waals surface area contributed by atoms with Gasteiger partial charge in [0.25, 0.3) is 5.91 Å². The maximum absolute atomic E-state index is 12.9. The molecule has 0 spiro atoms. The number of carbonyl (C=O) groups is 1. The minimum Gasteiger partial charge on any atom is -0.496 e. The Morgan fingerprint density at radius 1 is 1.36 bits per heavy atom. The standard InChI is InChI=1S/C19H22N4O2/c1-25-17-7-3-2-5-14(17)19(24)23-10-8-15-13(12-23)11-21-18(22-15)16-6-4-9-20-16/h2-3,5,7,11,16,20H,4,6,8-10,12H2,1H3/t16-/m1/s1. The van der Waals surface area contributed by atoms with Gasteiger partial charge in [0.15, 0.2) is 0 Å². The summed E-state index contributed by atoms with van der Waals surface area (Å²) in [5.74, 6) is 1.49. The number of benzene rings is 1. The zero-order valence-electron chi connectivity index (χ0n) is 14.4. The van der Waals surface area contributed by atoms with Gasteiger partial charge in [-0.1, -0.05) is 12.1 Å². The van der Waals surface area contributed by atoms with E-state index in [9.17, 15) is 4.79 Å². The van der Waals surface area contributed by atoms with Crippen LogP contribution in [0.2, 0.25) is 0 Å². The molecule has 0 unspecified atom stereocenters. The Labute approximate surface area is 147 Å². The third-order valence-electron chi connectivity index (χ3n) is 4.95. The van der Waals surface area contributed by atoms with Crippen molar-refractivity contribution in [1.82, 2.24) is 20.2 Å². The second kappa shape index (κ2) is 6.80. The molecule has 2 aromatic rings. The molecule has 130 valence electrons. The number of carbonyl (C=O) groups excluding carboxylic acids is 1. The molecule has 1 atom stereocenters. The molecule has 6 heteroatoms. The van der Waals surface area contributed by atoms with Crippen molar-refractivity contribution < 1.29 is 9.53 Å². The Morgan fingerprint density at radius 2 is 2.24 bits per heavy atom. The number of amides is 1. The molecule has 0 aliphatic carbocycles. The predicted molar refractivity (Wildman–Crippen MR) is 93.4 cm³/mol. The van der Waals surface area contributed by atoms with Crippen LogP contribution in [0, 0.1) is 0 Å². The topological polar surface area (TPSA) is 67.3 Å². The summed E-state index contributed by atoms with van der Waals surface area (Å²) in [5.41, 5.74) is 2.71. The molecule has 2 aliphatic heterocycles. The average molecular weight is 338 g/mol. The molecule has 6 nitrogen and oxygen atoms in total. The number of hydrogen-bond donors (Lipinski definition) is 1. The highest BCUT2D eigenvalue weighted by Gasteiger charge is 2.26. The van der Waals surface area contributed by atoms with Crippen LogP contribution in [0.4, 0.5) is 0 Å². The van der Waals surface area contributed by atoms with E-state index in [1.807, 2.05) is 35.4 Å². The maximum Gasteiger partial charge on any atom is 0.257 e. The Morgan fingerprint density at radius 3 is 3.04 bits per heavy atom. The monoisotopic (exact) mass is 338 g/mol.